The van der Waals surface area contributed by atoms with Crippen molar-refractivity contribution in [1.29, 1.82) is 0 Å². The second-order valence-electron chi connectivity index (χ2n) is 3.51. The first-order chi connectivity index (χ1) is 8.06. The van der Waals surface area contributed by atoms with Gasteiger partial charge in [0.25, 0.3) is 0 Å². The zero-order valence-corrected chi connectivity index (χ0v) is 11.8. The number of thioether (sulfide) groups is 1. The summed E-state index contributed by atoms with van der Waals surface area (Å²) in [5.41, 5.74) is 6.09. The number of hydrogen-bond donors (Lipinski definition) is 3. The molecule has 0 radical (unpaired) electrons. The zero-order valence-electron chi connectivity index (χ0n) is 9.44. The summed E-state index contributed by atoms with van der Waals surface area (Å²) in [6, 6.07) is 4.49. The van der Waals surface area contributed by atoms with Crippen LogP contribution >= 0.6 is 27.7 Å². The molecule has 0 spiro atoms. The SMILES string of the molecule is CSCC[C@@H](N)C(=O)Nc1cccc(Br)c1O. The molecule has 4 nitrogen and oxygen atoms in total. The number of amides is 1. The van der Waals surface area contributed by atoms with Crippen LogP contribution in [0.3, 0.4) is 0 Å². The molecule has 0 bridgehead atoms. The van der Waals surface area contributed by atoms with Crippen molar-refractivity contribution in [2.24, 2.45) is 5.73 Å². The number of hydrogen-bond acceptors (Lipinski definition) is 4. The Hall–Kier alpha value is -0.720. The van der Waals surface area contributed by atoms with Gasteiger partial charge < -0.3 is 16.2 Å². The van der Waals surface area contributed by atoms with Crippen molar-refractivity contribution in [2.45, 2.75) is 12.5 Å². The lowest BCUT2D eigenvalue weighted by Gasteiger charge is -2.13. The Labute approximate surface area is 113 Å². The largest absolute Gasteiger partial charge is 0.505 e. The van der Waals surface area contributed by atoms with Crippen LogP contribution in [0.15, 0.2) is 22.7 Å². The van der Waals surface area contributed by atoms with Crippen molar-refractivity contribution in [3.8, 4) is 5.75 Å². The van der Waals surface area contributed by atoms with E-state index in [2.05, 4.69) is 21.2 Å². The van der Waals surface area contributed by atoms with Gasteiger partial charge in [-0.1, -0.05) is 6.07 Å². The molecular weight excluding hydrogens is 304 g/mol. The highest BCUT2D eigenvalue weighted by Crippen LogP contribution is 2.31. The molecule has 94 valence electrons. The van der Waals surface area contributed by atoms with Crippen molar-refractivity contribution < 1.29 is 9.90 Å². The normalized spacial score (nSPS) is 12.2. The summed E-state index contributed by atoms with van der Waals surface area (Å²) in [4.78, 5) is 11.7. The first kappa shape index (κ1) is 14.3. The number of carbonyl (C=O) groups is 1. The van der Waals surface area contributed by atoms with Crippen molar-refractivity contribution in [3.63, 3.8) is 0 Å². The number of rotatable bonds is 5. The standard InChI is InChI=1S/C11H15BrN2O2S/c1-17-6-5-8(13)11(16)14-9-4-2-3-7(12)10(9)15/h2-4,8,15H,5-6,13H2,1H3,(H,14,16)/t8-/m1/s1. The minimum absolute atomic E-state index is 0.0120. The van der Waals surface area contributed by atoms with E-state index in [0.29, 0.717) is 16.6 Å². The van der Waals surface area contributed by atoms with E-state index in [1.807, 2.05) is 6.26 Å². The molecule has 0 heterocycles. The van der Waals surface area contributed by atoms with E-state index < -0.39 is 6.04 Å². The molecule has 0 saturated carbocycles. The number of para-hydroxylation sites is 1. The Bertz CT molecular complexity index is 401. The second kappa shape index (κ2) is 6.88. The van der Waals surface area contributed by atoms with Gasteiger partial charge in [-0.3, -0.25) is 4.79 Å². The Balaban J connectivity index is 2.64. The molecule has 1 aromatic rings. The van der Waals surface area contributed by atoms with Gasteiger partial charge in [-0.2, -0.15) is 11.8 Å². The van der Waals surface area contributed by atoms with Crippen LogP contribution < -0.4 is 11.1 Å². The molecule has 0 aliphatic heterocycles. The lowest BCUT2D eigenvalue weighted by molar-refractivity contribution is -0.117. The molecule has 1 amide bonds. The van der Waals surface area contributed by atoms with Crippen LogP contribution in [0.5, 0.6) is 5.75 Å². The van der Waals surface area contributed by atoms with E-state index >= 15 is 0 Å². The van der Waals surface area contributed by atoms with E-state index in [1.165, 1.54) is 0 Å². The second-order valence-corrected chi connectivity index (χ2v) is 5.35. The maximum absolute atomic E-state index is 11.7. The van der Waals surface area contributed by atoms with Gasteiger partial charge in [0.15, 0.2) is 5.75 Å². The van der Waals surface area contributed by atoms with Gasteiger partial charge in [-0.25, -0.2) is 0 Å². The molecule has 1 aromatic carbocycles. The molecule has 17 heavy (non-hydrogen) atoms. The smallest absolute Gasteiger partial charge is 0.241 e. The number of anilines is 1. The Kier molecular flexibility index (Phi) is 5.80. The molecule has 0 aliphatic carbocycles. The number of benzene rings is 1. The maximum Gasteiger partial charge on any atom is 0.241 e. The van der Waals surface area contributed by atoms with E-state index in [0.717, 1.165) is 5.75 Å². The molecule has 0 aliphatic rings. The third kappa shape index (κ3) is 4.22. The Morgan fingerprint density at radius 2 is 2.35 bits per heavy atom. The molecule has 0 fully saturated rings. The highest BCUT2D eigenvalue weighted by atomic mass is 79.9. The summed E-state index contributed by atoms with van der Waals surface area (Å²) < 4.78 is 0.535. The van der Waals surface area contributed by atoms with E-state index in [9.17, 15) is 9.90 Å². The maximum atomic E-state index is 11.7. The van der Waals surface area contributed by atoms with Crippen LogP contribution in [-0.2, 0) is 4.79 Å². The fourth-order valence-electron chi connectivity index (χ4n) is 1.22. The highest BCUT2D eigenvalue weighted by molar-refractivity contribution is 9.10. The number of phenolic OH excluding ortho intramolecular Hbond substituents is 1. The van der Waals surface area contributed by atoms with E-state index in [4.69, 9.17) is 5.73 Å². The van der Waals surface area contributed by atoms with Crippen molar-refractivity contribution in [1.82, 2.24) is 0 Å². The lowest BCUT2D eigenvalue weighted by Crippen LogP contribution is -2.36. The van der Waals surface area contributed by atoms with Crippen LogP contribution in [0.1, 0.15) is 6.42 Å². The van der Waals surface area contributed by atoms with Crippen molar-refractivity contribution >= 4 is 39.3 Å². The third-order valence-electron chi connectivity index (χ3n) is 2.21. The lowest BCUT2D eigenvalue weighted by atomic mass is 10.2. The van der Waals surface area contributed by atoms with Gasteiger partial charge in [-0.15, -0.1) is 0 Å². The summed E-state index contributed by atoms with van der Waals surface area (Å²) in [5, 5.41) is 12.3. The third-order valence-corrected chi connectivity index (χ3v) is 3.50. The molecule has 0 unspecified atom stereocenters. The first-order valence-electron chi connectivity index (χ1n) is 5.09. The fraction of sp³-hybridized carbons (Fsp3) is 0.364. The molecule has 6 heteroatoms. The molecule has 4 N–H and O–H groups in total. The van der Waals surface area contributed by atoms with Gasteiger partial charge in [-0.05, 0) is 46.5 Å². The number of carbonyl (C=O) groups excluding carboxylic acids is 1. The molecular formula is C11H15BrN2O2S. The predicted octanol–water partition coefficient (Wildman–Crippen LogP) is 2.17. The number of nitrogens with one attached hydrogen (secondary N) is 1. The minimum Gasteiger partial charge on any atom is -0.505 e. The number of halogens is 1. The summed E-state index contributed by atoms with van der Waals surface area (Å²) in [6.07, 6.45) is 2.58. The van der Waals surface area contributed by atoms with Crippen LogP contribution in [0.25, 0.3) is 0 Å². The number of nitrogens with two attached hydrogens (primary N) is 1. The van der Waals surface area contributed by atoms with Crippen molar-refractivity contribution in [3.05, 3.63) is 22.7 Å². The highest BCUT2D eigenvalue weighted by Gasteiger charge is 2.15. The minimum atomic E-state index is -0.555. The zero-order chi connectivity index (χ0) is 12.8. The molecule has 1 rings (SSSR count). The molecule has 0 saturated heterocycles. The van der Waals surface area contributed by atoms with Gasteiger partial charge in [0, 0.05) is 0 Å². The van der Waals surface area contributed by atoms with Gasteiger partial charge in [0.05, 0.1) is 16.2 Å². The van der Waals surface area contributed by atoms with Crippen LogP contribution in [0.4, 0.5) is 5.69 Å². The summed E-state index contributed by atoms with van der Waals surface area (Å²) in [5.74, 6) is 0.560. The Morgan fingerprint density at radius 1 is 1.65 bits per heavy atom. The monoisotopic (exact) mass is 318 g/mol. The topological polar surface area (TPSA) is 75.4 Å². The summed E-state index contributed by atoms with van der Waals surface area (Å²) >= 11 is 4.82. The average Bonchev–Trinajstić information content (AvgIpc) is 2.31. The molecule has 0 aromatic heterocycles. The summed E-state index contributed by atoms with van der Waals surface area (Å²) in [6.45, 7) is 0. The van der Waals surface area contributed by atoms with E-state index in [-0.39, 0.29) is 11.7 Å². The Morgan fingerprint density at radius 3 is 3.00 bits per heavy atom. The van der Waals surface area contributed by atoms with Crippen molar-refractivity contribution in [2.75, 3.05) is 17.3 Å². The van der Waals surface area contributed by atoms with Crippen LogP contribution in [0.2, 0.25) is 0 Å². The van der Waals surface area contributed by atoms with Crippen LogP contribution in [-0.4, -0.2) is 29.1 Å². The fourth-order valence-corrected chi connectivity index (χ4v) is 2.07. The quantitative estimate of drug-likeness (QED) is 0.727. The number of phenols is 1. The number of aromatic hydroxyl groups is 1. The molecule has 1 atom stereocenters. The first-order valence-corrected chi connectivity index (χ1v) is 7.27. The predicted molar refractivity (Wildman–Crippen MR) is 75.4 cm³/mol. The van der Waals surface area contributed by atoms with Gasteiger partial charge in [0.2, 0.25) is 5.91 Å². The van der Waals surface area contributed by atoms with Gasteiger partial charge in [0.1, 0.15) is 0 Å². The van der Waals surface area contributed by atoms with E-state index in [1.54, 1.807) is 30.0 Å². The average molecular weight is 319 g/mol. The van der Waals surface area contributed by atoms with Crippen LogP contribution in [0, 0.1) is 0 Å². The van der Waals surface area contributed by atoms with Gasteiger partial charge >= 0.3 is 0 Å². The summed E-state index contributed by atoms with van der Waals surface area (Å²) in [7, 11) is 0.